The molecule has 0 radical (unpaired) electrons. The van der Waals surface area contributed by atoms with Crippen LogP contribution < -0.4 is 5.32 Å². The molecule has 0 atom stereocenters. The highest BCUT2D eigenvalue weighted by Gasteiger charge is 2.31. The number of pyridine rings is 1. The molecular weight excluding hydrogens is 432 g/mol. The number of nitrogens with one attached hydrogen (secondary N) is 1. The van der Waals surface area contributed by atoms with Gasteiger partial charge in [-0.3, -0.25) is 19.9 Å². The van der Waals surface area contributed by atoms with Crippen LogP contribution in [-0.2, 0) is 17.8 Å². The molecule has 1 aliphatic heterocycles. The van der Waals surface area contributed by atoms with Crippen molar-refractivity contribution in [1.82, 2.24) is 14.9 Å². The van der Waals surface area contributed by atoms with Gasteiger partial charge in [-0.05, 0) is 23.3 Å². The van der Waals surface area contributed by atoms with E-state index in [1.807, 2.05) is 65.6 Å². The van der Waals surface area contributed by atoms with Gasteiger partial charge in [0.15, 0.2) is 5.13 Å². The molecule has 3 heterocycles. The van der Waals surface area contributed by atoms with Crippen molar-refractivity contribution >= 4 is 28.3 Å². The van der Waals surface area contributed by atoms with E-state index in [1.165, 1.54) is 11.3 Å². The first kappa shape index (κ1) is 21.0. The summed E-state index contributed by atoms with van der Waals surface area (Å²) >= 11 is 1.42. The number of benzene rings is 2. The molecule has 2 amide bonds. The highest BCUT2D eigenvalue weighted by Crippen LogP contribution is 2.32. The summed E-state index contributed by atoms with van der Waals surface area (Å²) in [5.74, 6) is -0.571. The lowest BCUT2D eigenvalue weighted by Crippen LogP contribution is -2.39. The molecule has 0 saturated carbocycles. The van der Waals surface area contributed by atoms with Crippen LogP contribution in [0.25, 0.3) is 0 Å². The summed E-state index contributed by atoms with van der Waals surface area (Å²) in [6.07, 6.45) is 2.24. The normalized spacial score (nSPS) is 12.9. The van der Waals surface area contributed by atoms with E-state index in [-0.39, 0.29) is 17.7 Å². The van der Waals surface area contributed by atoms with Crippen molar-refractivity contribution in [3.05, 3.63) is 112 Å². The fourth-order valence-electron chi connectivity index (χ4n) is 4.05. The molecule has 7 heteroatoms. The molecular formula is C26H22N4O2S. The van der Waals surface area contributed by atoms with E-state index in [2.05, 4.69) is 15.3 Å². The van der Waals surface area contributed by atoms with Gasteiger partial charge in [0.25, 0.3) is 5.91 Å². The summed E-state index contributed by atoms with van der Waals surface area (Å²) in [5, 5.41) is 3.37. The van der Waals surface area contributed by atoms with Gasteiger partial charge in [0.1, 0.15) is 5.69 Å². The molecule has 2 aromatic heterocycles. The Labute approximate surface area is 195 Å². The minimum atomic E-state index is -0.356. The third-order valence-corrected chi connectivity index (χ3v) is 6.67. The predicted molar refractivity (Wildman–Crippen MR) is 128 cm³/mol. The van der Waals surface area contributed by atoms with Crippen LogP contribution in [0, 0.1) is 0 Å². The number of hydrogen-bond donors (Lipinski definition) is 1. The third-order valence-electron chi connectivity index (χ3n) is 5.67. The Balaban J connectivity index is 1.36. The maximum absolute atomic E-state index is 13.7. The number of carbonyl (C=O) groups is 2. The van der Waals surface area contributed by atoms with Gasteiger partial charge in [0.05, 0.1) is 18.2 Å². The molecule has 33 heavy (non-hydrogen) atoms. The molecule has 0 saturated heterocycles. The van der Waals surface area contributed by atoms with Crippen LogP contribution in [0.4, 0.5) is 5.13 Å². The summed E-state index contributed by atoms with van der Waals surface area (Å²) in [5.41, 5.74) is 3.24. The smallest absolute Gasteiger partial charge is 0.276 e. The standard InChI is InChI=1S/C26H22N4O2S/c31-24(21-13-7-8-15-27-21)29-26-28-20-14-16-30(17-22(20)33-26)25(32)23(18-9-3-1-4-10-18)19-11-5-2-6-12-19/h1-13,15,23H,14,16-17H2,(H,28,29,31). The highest BCUT2D eigenvalue weighted by molar-refractivity contribution is 7.15. The van der Waals surface area contributed by atoms with Crippen LogP contribution in [0.3, 0.4) is 0 Å². The van der Waals surface area contributed by atoms with Crippen LogP contribution in [0.15, 0.2) is 85.1 Å². The monoisotopic (exact) mass is 454 g/mol. The van der Waals surface area contributed by atoms with Gasteiger partial charge < -0.3 is 4.90 Å². The molecule has 6 nitrogen and oxygen atoms in total. The molecule has 0 bridgehead atoms. The predicted octanol–water partition coefficient (Wildman–Crippen LogP) is 4.51. The van der Waals surface area contributed by atoms with Crippen molar-refractivity contribution in [3.8, 4) is 0 Å². The van der Waals surface area contributed by atoms with Crippen molar-refractivity contribution in [1.29, 1.82) is 0 Å². The van der Waals surface area contributed by atoms with Crippen LogP contribution in [0.1, 0.15) is 38.1 Å². The average molecular weight is 455 g/mol. The minimum absolute atomic E-state index is 0.0746. The zero-order chi connectivity index (χ0) is 22.6. The van der Waals surface area contributed by atoms with E-state index in [0.717, 1.165) is 21.7 Å². The lowest BCUT2D eigenvalue weighted by Gasteiger charge is -2.30. The Kier molecular flexibility index (Phi) is 5.95. The van der Waals surface area contributed by atoms with E-state index in [4.69, 9.17) is 0 Å². The summed E-state index contributed by atoms with van der Waals surface area (Å²) in [6.45, 7) is 1.08. The van der Waals surface area contributed by atoms with Gasteiger partial charge in [-0.2, -0.15) is 0 Å². The second kappa shape index (κ2) is 9.34. The molecule has 0 fully saturated rings. The van der Waals surface area contributed by atoms with Crippen LogP contribution >= 0.6 is 11.3 Å². The second-order valence-electron chi connectivity index (χ2n) is 7.82. The molecule has 1 N–H and O–H groups in total. The molecule has 0 aliphatic carbocycles. The summed E-state index contributed by atoms with van der Waals surface area (Å²) < 4.78 is 0. The maximum Gasteiger partial charge on any atom is 0.276 e. The van der Waals surface area contributed by atoms with Gasteiger partial charge in [0.2, 0.25) is 5.91 Å². The van der Waals surface area contributed by atoms with Gasteiger partial charge in [-0.1, -0.05) is 78.1 Å². The topological polar surface area (TPSA) is 75.2 Å². The zero-order valence-corrected chi connectivity index (χ0v) is 18.7. The van der Waals surface area contributed by atoms with Gasteiger partial charge in [-0.25, -0.2) is 4.98 Å². The Morgan fingerprint density at radius 3 is 2.21 bits per heavy atom. The number of fused-ring (bicyclic) bond motifs is 1. The summed E-state index contributed by atoms with van der Waals surface area (Å²) in [4.78, 5) is 37.7. The van der Waals surface area contributed by atoms with Crippen molar-refractivity contribution in [2.24, 2.45) is 0 Å². The first-order valence-corrected chi connectivity index (χ1v) is 11.6. The van der Waals surface area contributed by atoms with Crippen molar-refractivity contribution in [2.75, 3.05) is 11.9 Å². The van der Waals surface area contributed by atoms with E-state index in [1.54, 1.807) is 24.4 Å². The van der Waals surface area contributed by atoms with Gasteiger partial charge in [-0.15, -0.1) is 0 Å². The molecule has 0 spiro atoms. The second-order valence-corrected chi connectivity index (χ2v) is 8.91. The SMILES string of the molecule is O=C(Nc1nc2c(s1)CN(C(=O)C(c1ccccc1)c1ccccc1)CC2)c1ccccn1. The molecule has 164 valence electrons. The number of rotatable bonds is 5. The van der Waals surface area contributed by atoms with Crippen LogP contribution in [-0.4, -0.2) is 33.2 Å². The largest absolute Gasteiger partial charge is 0.336 e. The van der Waals surface area contributed by atoms with E-state index in [9.17, 15) is 9.59 Å². The number of carbonyl (C=O) groups excluding carboxylic acids is 2. The Morgan fingerprint density at radius 2 is 1.58 bits per heavy atom. The lowest BCUT2D eigenvalue weighted by molar-refractivity contribution is -0.132. The van der Waals surface area contributed by atoms with Crippen molar-refractivity contribution in [2.45, 2.75) is 18.9 Å². The third kappa shape index (κ3) is 4.54. The van der Waals surface area contributed by atoms with E-state index < -0.39 is 0 Å². The zero-order valence-electron chi connectivity index (χ0n) is 17.8. The minimum Gasteiger partial charge on any atom is -0.336 e. The number of anilines is 1. The molecule has 5 rings (SSSR count). The summed E-state index contributed by atoms with van der Waals surface area (Å²) in [7, 11) is 0. The molecule has 4 aromatic rings. The summed E-state index contributed by atoms with van der Waals surface area (Å²) in [6, 6.07) is 25.0. The van der Waals surface area contributed by atoms with E-state index in [0.29, 0.717) is 30.3 Å². The molecule has 2 aromatic carbocycles. The first-order valence-electron chi connectivity index (χ1n) is 10.8. The Hall–Kier alpha value is -3.84. The van der Waals surface area contributed by atoms with Gasteiger partial charge in [0, 0.05) is 24.0 Å². The van der Waals surface area contributed by atoms with Crippen LogP contribution in [0.5, 0.6) is 0 Å². The number of hydrogen-bond acceptors (Lipinski definition) is 5. The first-order chi connectivity index (χ1) is 16.2. The number of nitrogens with zero attached hydrogens (tertiary/aromatic N) is 3. The number of thiazole rings is 1. The average Bonchev–Trinajstić information content (AvgIpc) is 3.27. The highest BCUT2D eigenvalue weighted by atomic mass is 32.1. The number of aromatic nitrogens is 2. The Morgan fingerprint density at radius 1 is 0.909 bits per heavy atom. The molecule has 0 unspecified atom stereocenters. The fourth-order valence-corrected chi connectivity index (χ4v) is 5.07. The van der Waals surface area contributed by atoms with Crippen molar-refractivity contribution in [3.63, 3.8) is 0 Å². The Bertz CT molecular complexity index is 1220. The van der Waals surface area contributed by atoms with Crippen LogP contribution in [0.2, 0.25) is 0 Å². The maximum atomic E-state index is 13.7. The van der Waals surface area contributed by atoms with Gasteiger partial charge >= 0.3 is 0 Å². The fraction of sp³-hybridized carbons (Fsp3) is 0.154. The lowest BCUT2D eigenvalue weighted by atomic mass is 9.89. The van der Waals surface area contributed by atoms with Crippen molar-refractivity contribution < 1.29 is 9.59 Å². The molecule has 1 aliphatic rings. The van der Waals surface area contributed by atoms with E-state index >= 15 is 0 Å². The number of amides is 2. The quantitative estimate of drug-likeness (QED) is 0.482.